The number of nitrogens with zero attached hydrogens (tertiary/aromatic N) is 3. The van der Waals surface area contributed by atoms with Gasteiger partial charge in [0.1, 0.15) is 0 Å². The first-order valence-corrected chi connectivity index (χ1v) is 6.58. The van der Waals surface area contributed by atoms with Crippen LogP contribution < -0.4 is 9.47 Å². The van der Waals surface area contributed by atoms with Gasteiger partial charge >= 0.3 is 6.18 Å². The number of halogens is 3. The molecular formula is C15H12F3N3O2. The summed E-state index contributed by atoms with van der Waals surface area (Å²) in [5.74, 6) is 1.25. The Morgan fingerprint density at radius 2 is 1.70 bits per heavy atom. The van der Waals surface area contributed by atoms with Gasteiger partial charge in [-0.05, 0) is 30.3 Å². The number of hydrogen-bond donors (Lipinski definition) is 0. The molecule has 0 saturated carbocycles. The van der Waals surface area contributed by atoms with Crippen LogP contribution in [0.5, 0.6) is 11.5 Å². The third-order valence-corrected chi connectivity index (χ3v) is 3.37. The maximum absolute atomic E-state index is 12.9. The van der Waals surface area contributed by atoms with Crippen molar-refractivity contribution in [2.24, 2.45) is 0 Å². The third-order valence-electron chi connectivity index (χ3n) is 3.37. The van der Waals surface area contributed by atoms with Crippen LogP contribution in [0.25, 0.3) is 17.0 Å². The molecule has 3 rings (SSSR count). The van der Waals surface area contributed by atoms with Crippen LogP contribution in [0.1, 0.15) is 5.56 Å². The van der Waals surface area contributed by atoms with Crippen LogP contribution in [0.2, 0.25) is 0 Å². The normalized spacial score (nSPS) is 11.7. The molecule has 0 spiro atoms. The van der Waals surface area contributed by atoms with E-state index in [9.17, 15) is 13.2 Å². The lowest BCUT2D eigenvalue weighted by Gasteiger charge is -2.10. The maximum atomic E-state index is 12.9. The lowest BCUT2D eigenvalue weighted by atomic mass is 10.2. The summed E-state index contributed by atoms with van der Waals surface area (Å²) in [6, 6.07) is 7.22. The van der Waals surface area contributed by atoms with Crippen LogP contribution in [0.4, 0.5) is 13.2 Å². The molecular weight excluding hydrogens is 311 g/mol. The van der Waals surface area contributed by atoms with Gasteiger partial charge in [-0.25, -0.2) is 0 Å². The van der Waals surface area contributed by atoms with Crippen LogP contribution in [0.15, 0.2) is 36.5 Å². The average Bonchev–Trinajstić information content (AvgIpc) is 2.96. The molecule has 0 N–H and O–H groups in total. The second-order valence-electron chi connectivity index (χ2n) is 4.74. The molecule has 2 heterocycles. The number of hydrogen-bond acceptors (Lipinski definition) is 4. The van der Waals surface area contributed by atoms with Gasteiger partial charge in [0.05, 0.1) is 19.8 Å². The average molecular weight is 323 g/mol. The molecule has 0 aliphatic rings. The molecule has 3 aromatic rings. The predicted octanol–water partition coefficient (Wildman–Crippen LogP) is 3.43. The van der Waals surface area contributed by atoms with E-state index in [0.29, 0.717) is 22.7 Å². The van der Waals surface area contributed by atoms with Gasteiger partial charge in [-0.15, -0.1) is 10.2 Å². The summed E-state index contributed by atoms with van der Waals surface area (Å²) in [5, 5.41) is 7.86. The molecule has 8 heteroatoms. The maximum Gasteiger partial charge on any atom is 0.417 e. The molecule has 0 aliphatic heterocycles. The molecule has 0 unspecified atom stereocenters. The van der Waals surface area contributed by atoms with Crippen molar-refractivity contribution in [2.45, 2.75) is 6.18 Å². The van der Waals surface area contributed by atoms with E-state index in [2.05, 4.69) is 10.2 Å². The highest BCUT2D eigenvalue weighted by Crippen LogP contribution is 2.33. The van der Waals surface area contributed by atoms with Crippen molar-refractivity contribution in [3.05, 3.63) is 42.1 Å². The fraction of sp³-hybridized carbons (Fsp3) is 0.200. The number of alkyl halides is 3. The SMILES string of the molecule is COc1ccc(-c2nnc3ccc(C(F)(F)F)cn23)cc1OC. The molecule has 23 heavy (non-hydrogen) atoms. The van der Waals surface area contributed by atoms with Gasteiger partial charge in [-0.1, -0.05) is 0 Å². The molecule has 0 fully saturated rings. The van der Waals surface area contributed by atoms with Crippen LogP contribution in [-0.2, 0) is 6.18 Å². The van der Waals surface area contributed by atoms with Crippen LogP contribution >= 0.6 is 0 Å². The Morgan fingerprint density at radius 3 is 2.35 bits per heavy atom. The Bertz CT molecular complexity index is 859. The van der Waals surface area contributed by atoms with E-state index in [0.717, 1.165) is 12.3 Å². The summed E-state index contributed by atoms with van der Waals surface area (Å²) >= 11 is 0. The molecule has 0 aliphatic carbocycles. The summed E-state index contributed by atoms with van der Waals surface area (Å²) in [7, 11) is 2.98. The van der Waals surface area contributed by atoms with E-state index in [1.54, 1.807) is 18.2 Å². The number of ether oxygens (including phenoxy) is 2. The number of aromatic nitrogens is 3. The molecule has 0 atom stereocenters. The first kappa shape index (κ1) is 15.1. The van der Waals surface area contributed by atoms with Gasteiger partial charge in [0.15, 0.2) is 23.0 Å². The van der Waals surface area contributed by atoms with Crippen molar-refractivity contribution in [2.75, 3.05) is 14.2 Å². The minimum absolute atomic E-state index is 0.284. The summed E-state index contributed by atoms with van der Waals surface area (Å²) in [5.41, 5.74) is 0.115. The lowest BCUT2D eigenvalue weighted by Crippen LogP contribution is -2.06. The summed E-state index contributed by atoms with van der Waals surface area (Å²) in [4.78, 5) is 0. The molecule has 0 saturated heterocycles. The number of methoxy groups -OCH3 is 2. The van der Waals surface area contributed by atoms with Gasteiger partial charge in [-0.3, -0.25) is 4.40 Å². The Hall–Kier alpha value is -2.77. The van der Waals surface area contributed by atoms with Crippen molar-refractivity contribution < 1.29 is 22.6 Å². The summed E-state index contributed by atoms with van der Waals surface area (Å²) in [6.07, 6.45) is -3.46. The molecule has 0 amide bonds. The minimum Gasteiger partial charge on any atom is -0.493 e. The molecule has 5 nitrogen and oxygen atoms in total. The highest BCUT2D eigenvalue weighted by atomic mass is 19.4. The van der Waals surface area contributed by atoms with E-state index in [1.807, 2.05) is 0 Å². The second kappa shape index (κ2) is 5.45. The predicted molar refractivity (Wildman–Crippen MR) is 76.5 cm³/mol. The zero-order chi connectivity index (χ0) is 16.6. The molecule has 0 radical (unpaired) electrons. The Labute approximate surface area is 129 Å². The zero-order valence-electron chi connectivity index (χ0n) is 12.3. The monoisotopic (exact) mass is 323 g/mol. The van der Waals surface area contributed by atoms with Gasteiger partial charge < -0.3 is 9.47 Å². The van der Waals surface area contributed by atoms with Crippen molar-refractivity contribution in [3.8, 4) is 22.9 Å². The Balaban J connectivity index is 2.16. The second-order valence-corrected chi connectivity index (χ2v) is 4.74. The quantitative estimate of drug-likeness (QED) is 0.741. The van der Waals surface area contributed by atoms with Crippen molar-refractivity contribution in [1.82, 2.24) is 14.6 Å². The standard InChI is InChI=1S/C15H12F3N3O2/c1-22-11-5-3-9(7-12(11)23-2)14-20-19-13-6-4-10(8-21(13)14)15(16,17)18/h3-8H,1-2H3. The van der Waals surface area contributed by atoms with E-state index in [4.69, 9.17) is 9.47 Å². The number of benzene rings is 1. The van der Waals surface area contributed by atoms with E-state index in [1.165, 1.54) is 24.7 Å². The van der Waals surface area contributed by atoms with E-state index >= 15 is 0 Å². The molecule has 120 valence electrons. The highest BCUT2D eigenvalue weighted by molar-refractivity contribution is 5.64. The largest absolute Gasteiger partial charge is 0.493 e. The van der Waals surface area contributed by atoms with Crippen LogP contribution in [0, 0.1) is 0 Å². The molecule has 0 bridgehead atoms. The number of rotatable bonds is 3. The van der Waals surface area contributed by atoms with Crippen molar-refractivity contribution in [3.63, 3.8) is 0 Å². The molecule has 1 aromatic carbocycles. The smallest absolute Gasteiger partial charge is 0.417 e. The first-order chi connectivity index (χ1) is 10.9. The van der Waals surface area contributed by atoms with Crippen molar-refractivity contribution in [1.29, 1.82) is 0 Å². The molecule has 2 aromatic heterocycles. The van der Waals surface area contributed by atoms with Gasteiger partial charge in [0.25, 0.3) is 0 Å². The summed E-state index contributed by atoms with van der Waals surface area (Å²) in [6.45, 7) is 0. The minimum atomic E-state index is -4.44. The van der Waals surface area contributed by atoms with E-state index in [-0.39, 0.29) is 5.82 Å². The summed E-state index contributed by atoms with van der Waals surface area (Å²) < 4.78 is 50.3. The van der Waals surface area contributed by atoms with Crippen LogP contribution in [0.3, 0.4) is 0 Å². The fourth-order valence-corrected chi connectivity index (χ4v) is 2.23. The first-order valence-electron chi connectivity index (χ1n) is 6.58. The fourth-order valence-electron chi connectivity index (χ4n) is 2.23. The lowest BCUT2D eigenvalue weighted by molar-refractivity contribution is -0.137. The van der Waals surface area contributed by atoms with E-state index < -0.39 is 11.7 Å². The van der Waals surface area contributed by atoms with Gasteiger partial charge in [-0.2, -0.15) is 13.2 Å². The zero-order valence-corrected chi connectivity index (χ0v) is 12.3. The number of fused-ring (bicyclic) bond motifs is 1. The Morgan fingerprint density at radius 1 is 0.957 bits per heavy atom. The topological polar surface area (TPSA) is 48.7 Å². The van der Waals surface area contributed by atoms with Gasteiger partial charge in [0, 0.05) is 11.8 Å². The number of pyridine rings is 1. The highest BCUT2D eigenvalue weighted by Gasteiger charge is 2.31. The van der Waals surface area contributed by atoms with Crippen LogP contribution in [-0.4, -0.2) is 28.8 Å². The Kier molecular flexibility index (Phi) is 3.59. The van der Waals surface area contributed by atoms with Gasteiger partial charge in [0.2, 0.25) is 0 Å². The van der Waals surface area contributed by atoms with Crippen molar-refractivity contribution >= 4 is 5.65 Å². The third kappa shape index (κ3) is 2.67.